The van der Waals surface area contributed by atoms with E-state index in [0.29, 0.717) is 5.92 Å². The maximum absolute atomic E-state index is 10.1. The van der Waals surface area contributed by atoms with Crippen LogP contribution in [0.1, 0.15) is 13.3 Å². The molecule has 0 aliphatic heterocycles. The molecule has 1 atom stereocenters. The van der Waals surface area contributed by atoms with Gasteiger partial charge in [0.2, 0.25) is 0 Å². The standard InChI is InChI=1S/C7H9NO2/c1-6-2-4-7(5-3-6)8(9)10/h2,4-6H,3H2,1H3/t6-/m0/s1. The Bertz CT molecular complexity index is 206. The molecule has 0 saturated heterocycles. The zero-order chi connectivity index (χ0) is 7.56. The Kier molecular flexibility index (Phi) is 1.85. The average Bonchev–Trinajstić information content (AvgIpc) is 1.88. The van der Waals surface area contributed by atoms with Crippen molar-refractivity contribution in [3.05, 3.63) is 34.0 Å². The molecule has 54 valence electrons. The molecule has 0 aromatic heterocycles. The molecule has 0 spiro atoms. The Balaban J connectivity index is 2.67. The number of nitro groups is 1. The second kappa shape index (κ2) is 2.64. The van der Waals surface area contributed by atoms with Gasteiger partial charge in [0.25, 0.3) is 5.70 Å². The van der Waals surface area contributed by atoms with Crippen LogP contribution in [-0.2, 0) is 0 Å². The fourth-order valence-electron chi connectivity index (χ4n) is 0.851. The van der Waals surface area contributed by atoms with Crippen LogP contribution in [0.3, 0.4) is 0 Å². The summed E-state index contributed by atoms with van der Waals surface area (Å²) in [4.78, 5) is 9.79. The van der Waals surface area contributed by atoms with Gasteiger partial charge in [0.05, 0.1) is 4.92 Å². The van der Waals surface area contributed by atoms with E-state index in [-0.39, 0.29) is 10.6 Å². The predicted molar refractivity (Wildman–Crippen MR) is 38.0 cm³/mol. The van der Waals surface area contributed by atoms with Crippen LogP contribution in [0.5, 0.6) is 0 Å². The Hall–Kier alpha value is -1.12. The molecule has 0 fully saturated rings. The third-order valence-electron chi connectivity index (χ3n) is 1.51. The molecule has 0 radical (unpaired) electrons. The number of allylic oxidation sites excluding steroid dienone is 3. The SMILES string of the molecule is C[C@H]1C=CC([N+](=O)[O-])=CC1. The molecular formula is C7H9NO2. The van der Waals surface area contributed by atoms with Gasteiger partial charge in [0.1, 0.15) is 0 Å². The fraction of sp³-hybridized carbons (Fsp3) is 0.429. The minimum absolute atomic E-state index is 0.220. The summed E-state index contributed by atoms with van der Waals surface area (Å²) in [5, 5.41) is 10.1. The van der Waals surface area contributed by atoms with E-state index in [1.54, 1.807) is 12.2 Å². The van der Waals surface area contributed by atoms with Gasteiger partial charge >= 0.3 is 0 Å². The minimum Gasteiger partial charge on any atom is -0.258 e. The summed E-state index contributed by atoms with van der Waals surface area (Å²) < 4.78 is 0. The third-order valence-corrected chi connectivity index (χ3v) is 1.51. The van der Waals surface area contributed by atoms with E-state index >= 15 is 0 Å². The van der Waals surface area contributed by atoms with Crippen molar-refractivity contribution in [2.45, 2.75) is 13.3 Å². The van der Waals surface area contributed by atoms with E-state index in [9.17, 15) is 10.1 Å². The molecule has 0 bridgehead atoms. The first kappa shape index (κ1) is 6.99. The molecule has 1 aliphatic carbocycles. The first-order valence-electron chi connectivity index (χ1n) is 3.23. The topological polar surface area (TPSA) is 43.1 Å². The Morgan fingerprint density at radius 3 is 2.90 bits per heavy atom. The summed E-state index contributed by atoms with van der Waals surface area (Å²) in [5.41, 5.74) is 0.220. The van der Waals surface area contributed by atoms with Crippen molar-refractivity contribution in [2.75, 3.05) is 0 Å². The Morgan fingerprint density at radius 2 is 2.50 bits per heavy atom. The van der Waals surface area contributed by atoms with Crippen LogP contribution in [0.15, 0.2) is 23.9 Å². The maximum atomic E-state index is 10.1. The average molecular weight is 139 g/mol. The van der Waals surface area contributed by atoms with E-state index in [2.05, 4.69) is 0 Å². The lowest BCUT2D eigenvalue weighted by Crippen LogP contribution is -2.01. The van der Waals surface area contributed by atoms with Gasteiger partial charge in [-0.3, -0.25) is 10.1 Å². The van der Waals surface area contributed by atoms with E-state index in [4.69, 9.17) is 0 Å². The van der Waals surface area contributed by atoms with E-state index in [1.165, 1.54) is 0 Å². The third kappa shape index (κ3) is 1.43. The minimum atomic E-state index is -0.359. The van der Waals surface area contributed by atoms with Crippen LogP contribution < -0.4 is 0 Å². The van der Waals surface area contributed by atoms with E-state index < -0.39 is 0 Å². The molecule has 0 saturated carbocycles. The van der Waals surface area contributed by atoms with Gasteiger partial charge in [0.15, 0.2) is 0 Å². The largest absolute Gasteiger partial charge is 0.265 e. The van der Waals surface area contributed by atoms with Crippen LogP contribution in [0.4, 0.5) is 0 Å². The van der Waals surface area contributed by atoms with Crippen LogP contribution in [0.25, 0.3) is 0 Å². The highest BCUT2D eigenvalue weighted by Gasteiger charge is 2.10. The highest BCUT2D eigenvalue weighted by molar-refractivity contribution is 5.16. The first-order valence-corrected chi connectivity index (χ1v) is 3.23. The summed E-state index contributed by atoms with van der Waals surface area (Å²) in [6.45, 7) is 2.03. The lowest BCUT2D eigenvalue weighted by molar-refractivity contribution is -0.419. The second-order valence-corrected chi connectivity index (χ2v) is 2.46. The molecule has 3 nitrogen and oxygen atoms in total. The Morgan fingerprint density at radius 1 is 1.80 bits per heavy atom. The van der Waals surface area contributed by atoms with Gasteiger partial charge in [-0.05, 0) is 18.4 Å². The monoisotopic (exact) mass is 139 g/mol. The van der Waals surface area contributed by atoms with Crippen molar-refractivity contribution in [1.82, 2.24) is 0 Å². The van der Waals surface area contributed by atoms with Crippen LogP contribution in [-0.4, -0.2) is 4.92 Å². The van der Waals surface area contributed by atoms with Crippen molar-refractivity contribution >= 4 is 0 Å². The second-order valence-electron chi connectivity index (χ2n) is 2.46. The summed E-state index contributed by atoms with van der Waals surface area (Å²) in [5.74, 6) is 0.448. The molecule has 0 amide bonds. The van der Waals surface area contributed by atoms with E-state index in [0.717, 1.165) is 6.42 Å². The fourth-order valence-corrected chi connectivity index (χ4v) is 0.851. The molecule has 1 aliphatic rings. The van der Waals surface area contributed by atoms with Crippen molar-refractivity contribution in [1.29, 1.82) is 0 Å². The molecule has 10 heavy (non-hydrogen) atoms. The molecule has 3 heteroatoms. The zero-order valence-electron chi connectivity index (χ0n) is 5.78. The number of hydrogen-bond donors (Lipinski definition) is 0. The van der Waals surface area contributed by atoms with Gasteiger partial charge in [-0.2, -0.15) is 0 Å². The van der Waals surface area contributed by atoms with Crippen LogP contribution >= 0.6 is 0 Å². The molecule has 0 N–H and O–H groups in total. The van der Waals surface area contributed by atoms with Crippen LogP contribution in [0, 0.1) is 16.0 Å². The van der Waals surface area contributed by atoms with Crippen molar-refractivity contribution in [2.24, 2.45) is 5.92 Å². The number of hydrogen-bond acceptors (Lipinski definition) is 2. The molecule has 0 aromatic rings. The van der Waals surface area contributed by atoms with Gasteiger partial charge in [-0.15, -0.1) is 0 Å². The van der Waals surface area contributed by atoms with Crippen molar-refractivity contribution in [3.8, 4) is 0 Å². The number of nitrogens with zero attached hydrogens (tertiary/aromatic N) is 1. The zero-order valence-corrected chi connectivity index (χ0v) is 5.78. The van der Waals surface area contributed by atoms with E-state index in [1.807, 2.05) is 13.0 Å². The van der Waals surface area contributed by atoms with Gasteiger partial charge in [-0.1, -0.05) is 13.0 Å². The lowest BCUT2D eigenvalue weighted by atomic mass is 10.0. The van der Waals surface area contributed by atoms with Crippen molar-refractivity contribution in [3.63, 3.8) is 0 Å². The summed E-state index contributed by atoms with van der Waals surface area (Å²) in [6.07, 6.45) is 5.86. The number of rotatable bonds is 1. The molecular weight excluding hydrogens is 130 g/mol. The highest BCUT2D eigenvalue weighted by Crippen LogP contribution is 2.15. The summed E-state index contributed by atoms with van der Waals surface area (Å²) in [6, 6.07) is 0. The maximum Gasteiger partial charge on any atom is 0.265 e. The molecule has 1 rings (SSSR count). The molecule has 0 unspecified atom stereocenters. The highest BCUT2D eigenvalue weighted by atomic mass is 16.6. The van der Waals surface area contributed by atoms with Gasteiger partial charge < -0.3 is 0 Å². The molecule has 0 aromatic carbocycles. The van der Waals surface area contributed by atoms with Gasteiger partial charge in [-0.25, -0.2) is 0 Å². The molecule has 0 heterocycles. The smallest absolute Gasteiger partial charge is 0.258 e. The quantitative estimate of drug-likeness (QED) is 0.410. The lowest BCUT2D eigenvalue weighted by Gasteiger charge is -2.04. The summed E-state index contributed by atoms with van der Waals surface area (Å²) in [7, 11) is 0. The van der Waals surface area contributed by atoms with Crippen molar-refractivity contribution < 1.29 is 4.92 Å². The van der Waals surface area contributed by atoms with Crippen LogP contribution in [0.2, 0.25) is 0 Å². The first-order chi connectivity index (χ1) is 4.70. The Labute approximate surface area is 59.2 Å². The summed E-state index contributed by atoms with van der Waals surface area (Å²) >= 11 is 0. The normalized spacial score (nSPS) is 24.1. The predicted octanol–water partition coefficient (Wildman–Crippen LogP) is 1.74. The van der Waals surface area contributed by atoms with Gasteiger partial charge in [0, 0.05) is 6.08 Å².